The number of anilines is 2. The average Bonchev–Trinajstić information content (AvgIpc) is 2.84. The highest BCUT2D eigenvalue weighted by Gasteiger charge is 2.30. The van der Waals surface area contributed by atoms with Crippen LogP contribution in [0.15, 0.2) is 60.0 Å². The van der Waals surface area contributed by atoms with E-state index in [1.165, 1.54) is 9.71 Å². The standard InChI is InChI=1S/C24H29N3O4S/c28-24(25-22-8-4-5-9-23(22)26-15-17-31-18-16-26)21-10-13-27(14-11-21)32(29,30)19-12-20-6-2-1-3-7-20/h1-9,12,19,21H,10-11,13-18H2,(H,25,28)/b19-12+. The molecule has 2 fully saturated rings. The van der Waals surface area contributed by atoms with Crippen LogP contribution in [0.1, 0.15) is 18.4 Å². The molecule has 4 rings (SSSR count). The minimum atomic E-state index is -3.51. The number of ether oxygens (including phenoxy) is 1. The maximum absolute atomic E-state index is 12.9. The molecule has 2 aliphatic heterocycles. The van der Waals surface area contributed by atoms with Gasteiger partial charge >= 0.3 is 0 Å². The third-order valence-corrected chi connectivity index (χ3v) is 7.50. The Morgan fingerprint density at radius 3 is 2.31 bits per heavy atom. The summed E-state index contributed by atoms with van der Waals surface area (Å²) in [6.45, 7) is 3.61. The van der Waals surface area contributed by atoms with Crippen LogP contribution in [0.25, 0.3) is 6.08 Å². The Morgan fingerprint density at radius 1 is 0.938 bits per heavy atom. The summed E-state index contributed by atoms with van der Waals surface area (Å²) in [6, 6.07) is 17.1. The van der Waals surface area contributed by atoms with Crippen molar-refractivity contribution in [3.63, 3.8) is 0 Å². The molecule has 2 aromatic rings. The van der Waals surface area contributed by atoms with E-state index in [1.807, 2.05) is 54.6 Å². The van der Waals surface area contributed by atoms with Crippen molar-refractivity contribution in [1.82, 2.24) is 4.31 Å². The van der Waals surface area contributed by atoms with Crippen molar-refractivity contribution >= 4 is 33.4 Å². The van der Waals surface area contributed by atoms with E-state index in [0.717, 1.165) is 30.0 Å². The van der Waals surface area contributed by atoms with Gasteiger partial charge < -0.3 is 15.0 Å². The number of piperidine rings is 1. The van der Waals surface area contributed by atoms with E-state index in [2.05, 4.69) is 10.2 Å². The van der Waals surface area contributed by atoms with Gasteiger partial charge in [-0.05, 0) is 36.6 Å². The Hall–Kier alpha value is -2.68. The van der Waals surface area contributed by atoms with Gasteiger partial charge in [-0.1, -0.05) is 42.5 Å². The second-order valence-electron chi connectivity index (χ2n) is 8.04. The van der Waals surface area contributed by atoms with Crippen molar-refractivity contribution in [3.8, 4) is 0 Å². The molecule has 0 saturated carbocycles. The molecule has 0 aromatic heterocycles. The first-order chi connectivity index (χ1) is 15.5. The summed E-state index contributed by atoms with van der Waals surface area (Å²) in [7, 11) is -3.51. The van der Waals surface area contributed by atoms with Gasteiger partial charge in [0.15, 0.2) is 0 Å². The summed E-state index contributed by atoms with van der Waals surface area (Å²) in [5.41, 5.74) is 2.62. The van der Waals surface area contributed by atoms with E-state index in [1.54, 1.807) is 6.08 Å². The van der Waals surface area contributed by atoms with E-state index in [4.69, 9.17) is 4.74 Å². The van der Waals surface area contributed by atoms with Gasteiger partial charge in [0.2, 0.25) is 15.9 Å². The molecule has 1 amide bonds. The van der Waals surface area contributed by atoms with Crippen LogP contribution in [0, 0.1) is 5.92 Å². The largest absolute Gasteiger partial charge is 0.378 e. The minimum Gasteiger partial charge on any atom is -0.378 e. The van der Waals surface area contributed by atoms with Gasteiger partial charge in [0.25, 0.3) is 0 Å². The number of nitrogens with one attached hydrogen (secondary N) is 1. The highest BCUT2D eigenvalue weighted by molar-refractivity contribution is 7.92. The van der Waals surface area contributed by atoms with Crippen molar-refractivity contribution < 1.29 is 17.9 Å². The first-order valence-corrected chi connectivity index (χ1v) is 12.5. The zero-order valence-corrected chi connectivity index (χ0v) is 18.8. The summed E-state index contributed by atoms with van der Waals surface area (Å²) in [5, 5.41) is 4.33. The number of hydrogen-bond acceptors (Lipinski definition) is 5. The molecule has 170 valence electrons. The molecular formula is C24H29N3O4S. The molecule has 0 atom stereocenters. The van der Waals surface area contributed by atoms with Crippen LogP contribution in [-0.2, 0) is 19.6 Å². The fraction of sp³-hybridized carbons (Fsp3) is 0.375. The molecule has 32 heavy (non-hydrogen) atoms. The molecule has 0 spiro atoms. The lowest BCUT2D eigenvalue weighted by Gasteiger charge is -2.32. The van der Waals surface area contributed by atoms with E-state index >= 15 is 0 Å². The van der Waals surface area contributed by atoms with Gasteiger partial charge in [0.1, 0.15) is 0 Å². The van der Waals surface area contributed by atoms with Crippen molar-refractivity contribution in [2.75, 3.05) is 49.6 Å². The average molecular weight is 456 g/mol. The number of amides is 1. The number of sulfonamides is 1. The van der Waals surface area contributed by atoms with Crippen LogP contribution in [-0.4, -0.2) is 58.0 Å². The summed E-state index contributed by atoms with van der Waals surface area (Å²) in [5.74, 6) is -0.264. The molecular weight excluding hydrogens is 426 g/mol. The first kappa shape index (κ1) is 22.5. The lowest BCUT2D eigenvalue weighted by atomic mass is 9.97. The Bertz CT molecular complexity index is 1040. The molecule has 0 radical (unpaired) electrons. The Labute approximate surface area is 189 Å². The smallest absolute Gasteiger partial charge is 0.236 e. The second kappa shape index (κ2) is 10.3. The minimum absolute atomic E-state index is 0.0532. The van der Waals surface area contributed by atoms with Crippen molar-refractivity contribution in [2.45, 2.75) is 12.8 Å². The third-order valence-electron chi connectivity index (χ3n) is 5.93. The topological polar surface area (TPSA) is 79.0 Å². The highest BCUT2D eigenvalue weighted by atomic mass is 32.2. The quantitative estimate of drug-likeness (QED) is 0.724. The van der Waals surface area contributed by atoms with E-state index in [-0.39, 0.29) is 11.8 Å². The fourth-order valence-electron chi connectivity index (χ4n) is 4.08. The highest BCUT2D eigenvalue weighted by Crippen LogP contribution is 2.28. The van der Waals surface area contributed by atoms with Crippen LogP contribution in [0.4, 0.5) is 11.4 Å². The Kier molecular flexibility index (Phi) is 7.24. The number of benzene rings is 2. The lowest BCUT2D eigenvalue weighted by molar-refractivity contribution is -0.120. The molecule has 0 bridgehead atoms. The third kappa shape index (κ3) is 5.56. The zero-order chi connectivity index (χ0) is 22.4. The van der Waals surface area contributed by atoms with Gasteiger partial charge in [-0.2, -0.15) is 4.31 Å². The van der Waals surface area contributed by atoms with Crippen LogP contribution in [0.5, 0.6) is 0 Å². The SMILES string of the molecule is O=C(Nc1ccccc1N1CCOCC1)C1CCN(S(=O)(=O)/C=C/c2ccccc2)CC1. The Balaban J connectivity index is 1.35. The van der Waals surface area contributed by atoms with Crippen LogP contribution in [0.2, 0.25) is 0 Å². The number of nitrogens with zero attached hydrogens (tertiary/aromatic N) is 2. The zero-order valence-electron chi connectivity index (χ0n) is 18.0. The number of hydrogen-bond donors (Lipinski definition) is 1. The Morgan fingerprint density at radius 2 is 1.59 bits per heavy atom. The summed E-state index contributed by atoms with van der Waals surface area (Å²) in [4.78, 5) is 15.1. The molecule has 2 saturated heterocycles. The number of rotatable bonds is 6. The van der Waals surface area contributed by atoms with E-state index in [0.29, 0.717) is 39.1 Å². The monoisotopic (exact) mass is 455 g/mol. The maximum atomic E-state index is 12.9. The summed E-state index contributed by atoms with van der Waals surface area (Å²) in [6.07, 6.45) is 2.62. The summed E-state index contributed by atoms with van der Waals surface area (Å²) < 4.78 is 32.2. The van der Waals surface area contributed by atoms with E-state index < -0.39 is 10.0 Å². The van der Waals surface area contributed by atoms with Crippen molar-refractivity contribution in [2.24, 2.45) is 5.92 Å². The van der Waals surface area contributed by atoms with Crippen molar-refractivity contribution in [3.05, 3.63) is 65.6 Å². The second-order valence-corrected chi connectivity index (χ2v) is 9.86. The molecule has 1 N–H and O–H groups in total. The van der Waals surface area contributed by atoms with Crippen LogP contribution < -0.4 is 10.2 Å². The molecule has 0 aliphatic carbocycles. The van der Waals surface area contributed by atoms with Gasteiger partial charge in [-0.15, -0.1) is 0 Å². The van der Waals surface area contributed by atoms with Gasteiger partial charge in [-0.25, -0.2) is 8.42 Å². The van der Waals surface area contributed by atoms with Gasteiger partial charge in [0, 0.05) is 37.5 Å². The normalized spacial score (nSPS) is 18.7. The number of carbonyl (C=O) groups excluding carboxylic acids is 1. The molecule has 2 heterocycles. The number of morpholine rings is 1. The predicted octanol–water partition coefficient (Wildman–Crippen LogP) is 3.17. The molecule has 8 heteroatoms. The lowest BCUT2D eigenvalue weighted by Crippen LogP contribution is -2.41. The molecule has 2 aromatic carbocycles. The summed E-state index contributed by atoms with van der Waals surface area (Å²) >= 11 is 0. The van der Waals surface area contributed by atoms with Crippen molar-refractivity contribution in [1.29, 1.82) is 0 Å². The van der Waals surface area contributed by atoms with Crippen LogP contribution in [0.3, 0.4) is 0 Å². The van der Waals surface area contributed by atoms with Gasteiger partial charge in [0.05, 0.1) is 24.6 Å². The van der Waals surface area contributed by atoms with Gasteiger partial charge in [-0.3, -0.25) is 4.79 Å². The molecule has 2 aliphatic rings. The first-order valence-electron chi connectivity index (χ1n) is 11.0. The molecule has 0 unspecified atom stereocenters. The number of para-hydroxylation sites is 2. The van der Waals surface area contributed by atoms with E-state index in [9.17, 15) is 13.2 Å². The fourth-order valence-corrected chi connectivity index (χ4v) is 5.30. The predicted molar refractivity (Wildman–Crippen MR) is 127 cm³/mol. The van der Waals surface area contributed by atoms with Crippen LogP contribution >= 0.6 is 0 Å². The molecule has 7 nitrogen and oxygen atoms in total. The number of carbonyl (C=O) groups is 1. The maximum Gasteiger partial charge on any atom is 0.236 e.